The largest absolute Gasteiger partial charge is 0.344 e. The van der Waals surface area contributed by atoms with Crippen LogP contribution in [-0.2, 0) is 10.2 Å². The minimum absolute atomic E-state index is 0. The molecule has 3 nitrogen and oxygen atoms in total. The Morgan fingerprint density at radius 2 is 1.67 bits per heavy atom. The molecule has 21 heavy (non-hydrogen) atoms. The SMILES string of the molecule is CN(CC(C)(C)CN)C(=O)C(C)(C)c1ccc(F)cc1.Cl. The van der Waals surface area contributed by atoms with Crippen molar-refractivity contribution < 1.29 is 9.18 Å². The molecule has 0 unspecified atom stereocenters. The van der Waals surface area contributed by atoms with Gasteiger partial charge in [-0.05, 0) is 43.5 Å². The fraction of sp³-hybridized carbons (Fsp3) is 0.562. The van der Waals surface area contributed by atoms with E-state index >= 15 is 0 Å². The van der Waals surface area contributed by atoms with E-state index in [1.165, 1.54) is 12.1 Å². The molecule has 0 heterocycles. The van der Waals surface area contributed by atoms with Crippen LogP contribution in [0.1, 0.15) is 33.3 Å². The molecule has 1 rings (SSSR count). The molecular formula is C16H26ClFN2O. The molecule has 0 aliphatic carbocycles. The highest BCUT2D eigenvalue weighted by atomic mass is 35.5. The van der Waals surface area contributed by atoms with Crippen molar-refractivity contribution in [2.45, 2.75) is 33.1 Å². The van der Waals surface area contributed by atoms with Gasteiger partial charge in [0.25, 0.3) is 0 Å². The van der Waals surface area contributed by atoms with Gasteiger partial charge in [0.1, 0.15) is 5.82 Å². The van der Waals surface area contributed by atoms with Gasteiger partial charge in [-0.1, -0.05) is 26.0 Å². The first-order valence-electron chi connectivity index (χ1n) is 6.82. The number of carbonyl (C=O) groups excluding carboxylic acids is 1. The van der Waals surface area contributed by atoms with Gasteiger partial charge in [-0.2, -0.15) is 0 Å². The molecule has 0 aromatic heterocycles. The van der Waals surface area contributed by atoms with Crippen LogP contribution in [-0.4, -0.2) is 30.9 Å². The third-order valence-electron chi connectivity index (χ3n) is 3.67. The van der Waals surface area contributed by atoms with E-state index in [-0.39, 0.29) is 29.5 Å². The van der Waals surface area contributed by atoms with Gasteiger partial charge < -0.3 is 10.6 Å². The second-order valence-corrected chi connectivity index (χ2v) is 6.66. The van der Waals surface area contributed by atoms with Crippen molar-refractivity contribution in [2.24, 2.45) is 11.1 Å². The number of halogens is 2. The molecule has 5 heteroatoms. The van der Waals surface area contributed by atoms with Gasteiger partial charge in [0.2, 0.25) is 5.91 Å². The van der Waals surface area contributed by atoms with Gasteiger partial charge in [-0.15, -0.1) is 12.4 Å². The first-order chi connectivity index (χ1) is 9.10. The summed E-state index contributed by atoms with van der Waals surface area (Å²) in [5.74, 6) is -0.291. The van der Waals surface area contributed by atoms with E-state index in [0.29, 0.717) is 13.1 Å². The lowest BCUT2D eigenvalue weighted by Gasteiger charge is -2.34. The highest BCUT2D eigenvalue weighted by Crippen LogP contribution is 2.27. The van der Waals surface area contributed by atoms with Crippen molar-refractivity contribution in [3.05, 3.63) is 35.6 Å². The van der Waals surface area contributed by atoms with Gasteiger partial charge in [0.15, 0.2) is 0 Å². The molecule has 0 aliphatic heterocycles. The number of carbonyl (C=O) groups is 1. The van der Waals surface area contributed by atoms with E-state index in [9.17, 15) is 9.18 Å². The van der Waals surface area contributed by atoms with Crippen LogP contribution in [0, 0.1) is 11.2 Å². The molecule has 120 valence electrons. The van der Waals surface area contributed by atoms with Crippen LogP contribution in [0.15, 0.2) is 24.3 Å². The summed E-state index contributed by atoms with van der Waals surface area (Å²) in [5, 5.41) is 0. The third kappa shape index (κ3) is 4.97. The summed E-state index contributed by atoms with van der Waals surface area (Å²) >= 11 is 0. The Kier molecular flexibility index (Phi) is 6.84. The Bertz CT molecular complexity index is 472. The van der Waals surface area contributed by atoms with Crippen LogP contribution in [0.4, 0.5) is 4.39 Å². The van der Waals surface area contributed by atoms with Gasteiger partial charge in [0, 0.05) is 13.6 Å². The fourth-order valence-electron chi connectivity index (χ4n) is 2.25. The number of nitrogens with zero attached hydrogens (tertiary/aromatic N) is 1. The maximum atomic E-state index is 13.0. The molecule has 0 saturated heterocycles. The van der Waals surface area contributed by atoms with Crippen molar-refractivity contribution in [3.63, 3.8) is 0 Å². The Balaban J connectivity index is 0.00000400. The summed E-state index contributed by atoms with van der Waals surface area (Å²) in [6.07, 6.45) is 0. The van der Waals surface area contributed by atoms with Crippen molar-refractivity contribution in [1.29, 1.82) is 0 Å². The average Bonchev–Trinajstić information content (AvgIpc) is 2.37. The van der Waals surface area contributed by atoms with Crippen molar-refractivity contribution >= 4 is 18.3 Å². The predicted octanol–water partition coefficient (Wildman–Crippen LogP) is 2.97. The summed E-state index contributed by atoms with van der Waals surface area (Å²) < 4.78 is 13.0. The van der Waals surface area contributed by atoms with Crippen LogP contribution in [0.5, 0.6) is 0 Å². The van der Waals surface area contributed by atoms with Crippen LogP contribution in [0.3, 0.4) is 0 Å². The zero-order valence-corrected chi connectivity index (χ0v) is 14.3. The van der Waals surface area contributed by atoms with Crippen LogP contribution >= 0.6 is 12.4 Å². The van der Waals surface area contributed by atoms with Gasteiger partial charge >= 0.3 is 0 Å². The fourth-order valence-corrected chi connectivity index (χ4v) is 2.25. The van der Waals surface area contributed by atoms with E-state index in [0.717, 1.165) is 5.56 Å². The normalized spacial score (nSPS) is 11.8. The molecule has 0 atom stereocenters. The zero-order chi connectivity index (χ0) is 15.6. The quantitative estimate of drug-likeness (QED) is 0.907. The standard InChI is InChI=1S/C16H25FN2O.ClH/c1-15(2,10-18)11-19(5)14(20)16(3,4)12-6-8-13(17)9-7-12;/h6-9H,10-11,18H2,1-5H3;1H. The molecule has 0 fully saturated rings. The molecule has 0 radical (unpaired) electrons. The lowest BCUT2D eigenvalue weighted by atomic mass is 9.82. The minimum Gasteiger partial charge on any atom is -0.344 e. The van der Waals surface area contributed by atoms with Crippen LogP contribution < -0.4 is 5.73 Å². The van der Waals surface area contributed by atoms with Crippen LogP contribution in [0.2, 0.25) is 0 Å². The average molecular weight is 317 g/mol. The number of likely N-dealkylation sites (N-methyl/N-ethyl adjacent to an activating group) is 1. The summed E-state index contributed by atoms with van der Waals surface area (Å²) in [4.78, 5) is 14.3. The van der Waals surface area contributed by atoms with E-state index in [2.05, 4.69) is 0 Å². The van der Waals surface area contributed by atoms with Gasteiger partial charge in [-0.3, -0.25) is 4.79 Å². The Morgan fingerprint density at radius 1 is 1.19 bits per heavy atom. The maximum absolute atomic E-state index is 13.0. The number of amides is 1. The van der Waals surface area contributed by atoms with Crippen molar-refractivity contribution in [1.82, 2.24) is 4.90 Å². The Hall–Kier alpha value is -1.13. The molecule has 0 bridgehead atoms. The summed E-state index contributed by atoms with van der Waals surface area (Å²) in [7, 11) is 1.78. The van der Waals surface area contributed by atoms with Crippen molar-refractivity contribution in [3.8, 4) is 0 Å². The lowest BCUT2D eigenvalue weighted by Crippen LogP contribution is -2.46. The summed E-state index contributed by atoms with van der Waals surface area (Å²) in [6.45, 7) is 8.88. The zero-order valence-electron chi connectivity index (χ0n) is 13.4. The first kappa shape index (κ1) is 19.9. The molecular weight excluding hydrogens is 291 g/mol. The Morgan fingerprint density at radius 3 is 2.10 bits per heavy atom. The molecule has 0 saturated carbocycles. The molecule has 0 aliphatic rings. The number of nitrogens with two attached hydrogens (primary N) is 1. The van der Waals surface area contributed by atoms with E-state index < -0.39 is 5.41 Å². The topological polar surface area (TPSA) is 46.3 Å². The number of rotatable bonds is 5. The number of benzene rings is 1. The second kappa shape index (κ2) is 7.23. The minimum atomic E-state index is -0.687. The van der Waals surface area contributed by atoms with Crippen molar-refractivity contribution in [2.75, 3.05) is 20.1 Å². The first-order valence-corrected chi connectivity index (χ1v) is 6.82. The molecule has 0 spiro atoms. The molecule has 1 amide bonds. The van der Waals surface area contributed by atoms with Crippen LogP contribution in [0.25, 0.3) is 0 Å². The monoisotopic (exact) mass is 316 g/mol. The van der Waals surface area contributed by atoms with Gasteiger partial charge in [0.05, 0.1) is 5.41 Å². The second-order valence-electron chi connectivity index (χ2n) is 6.66. The molecule has 2 N–H and O–H groups in total. The third-order valence-corrected chi connectivity index (χ3v) is 3.67. The highest BCUT2D eigenvalue weighted by Gasteiger charge is 2.34. The number of hydrogen-bond donors (Lipinski definition) is 1. The molecule has 1 aromatic rings. The van der Waals surface area contributed by atoms with E-state index in [1.807, 2.05) is 27.7 Å². The highest BCUT2D eigenvalue weighted by molar-refractivity contribution is 5.87. The summed E-state index contributed by atoms with van der Waals surface area (Å²) in [5.41, 5.74) is 5.71. The lowest BCUT2D eigenvalue weighted by molar-refractivity contribution is -0.136. The Labute approximate surface area is 133 Å². The maximum Gasteiger partial charge on any atom is 0.232 e. The smallest absolute Gasteiger partial charge is 0.232 e. The van der Waals surface area contributed by atoms with E-state index in [4.69, 9.17) is 5.73 Å². The summed E-state index contributed by atoms with van der Waals surface area (Å²) in [6, 6.07) is 6.09. The predicted molar refractivity (Wildman–Crippen MR) is 87.1 cm³/mol. The van der Waals surface area contributed by atoms with Gasteiger partial charge in [-0.25, -0.2) is 4.39 Å². The number of hydrogen-bond acceptors (Lipinski definition) is 2. The van der Waals surface area contributed by atoms with E-state index in [1.54, 1.807) is 24.1 Å². The molecule has 1 aromatic carbocycles.